The molecule has 10 nitrogen and oxygen atoms in total. The van der Waals surface area contributed by atoms with Crippen molar-refractivity contribution in [1.29, 1.82) is 0 Å². The van der Waals surface area contributed by atoms with Crippen molar-refractivity contribution in [2.45, 2.75) is 18.9 Å². The maximum absolute atomic E-state index is 13.0. The van der Waals surface area contributed by atoms with E-state index in [9.17, 15) is 14.7 Å². The third kappa shape index (κ3) is 4.21. The Bertz CT molecular complexity index is 1570. The van der Waals surface area contributed by atoms with E-state index in [1.54, 1.807) is 24.4 Å². The van der Waals surface area contributed by atoms with E-state index in [0.717, 1.165) is 12.8 Å². The molecular formula is C25H19ClN6O4. The van der Waals surface area contributed by atoms with Crippen LogP contribution in [-0.4, -0.2) is 49.8 Å². The topological polar surface area (TPSA) is 115 Å². The molecule has 1 atom stereocenters. The molecule has 1 fully saturated rings. The summed E-state index contributed by atoms with van der Waals surface area (Å²) in [5, 5.41) is 10.1. The Labute approximate surface area is 210 Å². The molecule has 3 aromatic heterocycles. The Morgan fingerprint density at radius 1 is 1.28 bits per heavy atom. The van der Waals surface area contributed by atoms with Crippen LogP contribution in [0, 0.1) is 6.57 Å². The number of pyridine rings is 2. The van der Waals surface area contributed by atoms with E-state index >= 15 is 0 Å². The average molecular weight is 503 g/mol. The van der Waals surface area contributed by atoms with Crippen LogP contribution < -0.4 is 15.1 Å². The van der Waals surface area contributed by atoms with Crippen molar-refractivity contribution in [2.24, 2.45) is 0 Å². The summed E-state index contributed by atoms with van der Waals surface area (Å²) in [5.41, 5.74) is 0.204. The molecule has 1 aromatic carbocycles. The summed E-state index contributed by atoms with van der Waals surface area (Å²) in [5.74, 6) is -0.678. The van der Waals surface area contributed by atoms with E-state index < -0.39 is 17.0 Å². The van der Waals surface area contributed by atoms with Crippen molar-refractivity contribution < 1.29 is 14.6 Å². The number of ether oxygens (including phenoxy) is 1. The predicted octanol–water partition coefficient (Wildman–Crippen LogP) is 4.13. The van der Waals surface area contributed by atoms with Crippen LogP contribution in [0.1, 0.15) is 23.2 Å². The minimum absolute atomic E-state index is 0.0593. The molecule has 4 heterocycles. The van der Waals surface area contributed by atoms with Gasteiger partial charge in [-0.2, -0.15) is 0 Å². The summed E-state index contributed by atoms with van der Waals surface area (Å²) in [6.45, 7) is 8.76. The molecule has 1 aliphatic heterocycles. The van der Waals surface area contributed by atoms with Crippen molar-refractivity contribution >= 4 is 39.8 Å². The molecule has 1 N–H and O–H groups in total. The molecule has 1 saturated heterocycles. The lowest BCUT2D eigenvalue weighted by molar-refractivity contribution is 0.0695. The number of anilines is 1. The van der Waals surface area contributed by atoms with E-state index in [-0.39, 0.29) is 17.1 Å². The van der Waals surface area contributed by atoms with Gasteiger partial charge in [-0.1, -0.05) is 11.6 Å². The van der Waals surface area contributed by atoms with Crippen LogP contribution in [0.15, 0.2) is 60.0 Å². The molecule has 180 valence electrons. The van der Waals surface area contributed by atoms with E-state index in [1.165, 1.54) is 35.4 Å². The average Bonchev–Trinajstić information content (AvgIpc) is 3.36. The van der Waals surface area contributed by atoms with Crippen LogP contribution >= 0.6 is 11.6 Å². The first-order valence-electron chi connectivity index (χ1n) is 11.1. The highest BCUT2D eigenvalue weighted by molar-refractivity contribution is 6.31. The third-order valence-corrected chi connectivity index (χ3v) is 6.36. The molecule has 1 aliphatic rings. The number of benzene rings is 1. The lowest BCUT2D eigenvalue weighted by Crippen LogP contribution is -2.34. The Morgan fingerprint density at radius 2 is 2.14 bits per heavy atom. The van der Waals surface area contributed by atoms with Gasteiger partial charge in [0.05, 0.1) is 24.3 Å². The van der Waals surface area contributed by atoms with Gasteiger partial charge in [-0.05, 0) is 37.1 Å². The van der Waals surface area contributed by atoms with Crippen molar-refractivity contribution in [3.8, 4) is 11.7 Å². The largest absolute Gasteiger partial charge is 0.477 e. The first-order chi connectivity index (χ1) is 17.5. The maximum atomic E-state index is 13.0. The van der Waals surface area contributed by atoms with Crippen LogP contribution in [-0.2, 0) is 0 Å². The Hall–Kier alpha value is -4.49. The molecule has 0 radical (unpaired) electrons. The molecule has 4 aromatic rings. The van der Waals surface area contributed by atoms with Crippen molar-refractivity contribution in [1.82, 2.24) is 19.5 Å². The van der Waals surface area contributed by atoms with Gasteiger partial charge in [-0.3, -0.25) is 14.3 Å². The monoisotopic (exact) mass is 502 g/mol. The lowest BCUT2D eigenvalue weighted by atomic mass is 10.1. The lowest BCUT2D eigenvalue weighted by Gasteiger charge is -2.28. The van der Waals surface area contributed by atoms with E-state index in [2.05, 4.69) is 24.7 Å². The maximum Gasteiger partial charge on any atom is 0.341 e. The van der Waals surface area contributed by atoms with Gasteiger partial charge in [0.1, 0.15) is 17.2 Å². The van der Waals surface area contributed by atoms with Gasteiger partial charge >= 0.3 is 5.97 Å². The Kier molecular flexibility index (Phi) is 6.23. The number of hydrogen-bond acceptors (Lipinski definition) is 7. The van der Waals surface area contributed by atoms with Gasteiger partial charge < -0.3 is 14.7 Å². The quantitative estimate of drug-likeness (QED) is 0.391. The fourth-order valence-corrected chi connectivity index (χ4v) is 4.58. The molecule has 0 unspecified atom stereocenters. The van der Waals surface area contributed by atoms with Gasteiger partial charge in [0.15, 0.2) is 5.82 Å². The Balaban J connectivity index is 1.62. The summed E-state index contributed by atoms with van der Waals surface area (Å²) in [7, 11) is 0. The zero-order valence-electron chi connectivity index (χ0n) is 18.8. The molecule has 0 bridgehead atoms. The van der Waals surface area contributed by atoms with Crippen molar-refractivity contribution in [2.75, 3.05) is 18.1 Å². The number of nitrogens with zero attached hydrogens (tertiary/aromatic N) is 6. The van der Waals surface area contributed by atoms with Crippen LogP contribution in [0.25, 0.3) is 21.6 Å². The van der Waals surface area contributed by atoms with E-state index in [0.29, 0.717) is 41.1 Å². The molecule has 36 heavy (non-hydrogen) atoms. The second-order valence-corrected chi connectivity index (χ2v) is 8.58. The van der Waals surface area contributed by atoms with Crippen LogP contribution in [0.2, 0.25) is 5.02 Å². The summed E-state index contributed by atoms with van der Waals surface area (Å²) in [6, 6.07) is 6.55. The van der Waals surface area contributed by atoms with Crippen molar-refractivity contribution in [3.05, 3.63) is 87.5 Å². The number of carbonyl (C=O) groups is 1. The summed E-state index contributed by atoms with van der Waals surface area (Å²) >= 11 is 6.18. The van der Waals surface area contributed by atoms with Gasteiger partial charge in [-0.15, -0.1) is 0 Å². The van der Waals surface area contributed by atoms with Gasteiger partial charge in [0.2, 0.25) is 17.0 Å². The molecule has 5 rings (SSSR count). The number of aromatic carboxylic acids is 1. The highest BCUT2D eigenvalue weighted by atomic mass is 35.5. The van der Waals surface area contributed by atoms with Gasteiger partial charge in [0.25, 0.3) is 0 Å². The fraction of sp³-hybridized carbons (Fsp3) is 0.200. The number of carboxylic acid groups (broad SMARTS) is 1. The number of aromatic nitrogens is 4. The number of hydrogen-bond donors (Lipinski definition) is 1. The molecule has 11 heteroatoms. The third-order valence-electron chi connectivity index (χ3n) is 6.07. The van der Waals surface area contributed by atoms with E-state index in [1.807, 2.05) is 0 Å². The highest BCUT2D eigenvalue weighted by Crippen LogP contribution is 2.37. The Morgan fingerprint density at radius 3 is 2.86 bits per heavy atom. The standard InChI is InChI=1S/C25H19ClN6O4/c1-27-19-10-16-20(32(22-12-28-7-8-29-22)13-17(23(16)33)25(34)35)11-21(19)31-9-3-4-15(31)14-36-24-18(26)5-2-6-30-24/h2,5-8,10-13,15H,3-4,9,14H2,(H,34,35)/t15-/m1/s1. The fourth-order valence-electron chi connectivity index (χ4n) is 4.41. The second kappa shape index (κ2) is 9.64. The summed E-state index contributed by atoms with van der Waals surface area (Å²) in [4.78, 5) is 43.1. The van der Waals surface area contributed by atoms with Crippen LogP contribution in [0.4, 0.5) is 11.4 Å². The number of halogens is 1. The zero-order chi connectivity index (χ0) is 25.2. The second-order valence-electron chi connectivity index (χ2n) is 8.17. The molecule has 0 amide bonds. The first-order valence-corrected chi connectivity index (χ1v) is 11.5. The SMILES string of the molecule is [C-]#[N+]c1cc2c(=O)c(C(=O)O)cn(-c3cnccn3)c2cc1N1CCC[C@@H]1COc1ncccc1Cl. The minimum Gasteiger partial charge on any atom is -0.477 e. The molecule has 0 saturated carbocycles. The summed E-state index contributed by atoms with van der Waals surface area (Å²) in [6.07, 6.45) is 9.00. The van der Waals surface area contributed by atoms with Gasteiger partial charge in [-0.25, -0.2) is 19.6 Å². The normalized spacial score (nSPS) is 15.1. The highest BCUT2D eigenvalue weighted by Gasteiger charge is 2.29. The molecular weight excluding hydrogens is 484 g/mol. The van der Waals surface area contributed by atoms with E-state index in [4.69, 9.17) is 22.9 Å². The predicted molar refractivity (Wildman–Crippen MR) is 133 cm³/mol. The van der Waals surface area contributed by atoms with Gasteiger partial charge in [0, 0.05) is 42.4 Å². The number of fused-ring (bicyclic) bond motifs is 1. The van der Waals surface area contributed by atoms with Crippen molar-refractivity contribution in [3.63, 3.8) is 0 Å². The first kappa shape index (κ1) is 23.3. The molecule has 0 aliphatic carbocycles. The summed E-state index contributed by atoms with van der Waals surface area (Å²) < 4.78 is 7.40. The van der Waals surface area contributed by atoms with Crippen LogP contribution in [0.3, 0.4) is 0 Å². The minimum atomic E-state index is -1.36. The number of carboxylic acids is 1. The molecule has 0 spiro atoms. The zero-order valence-corrected chi connectivity index (χ0v) is 19.6. The van der Waals surface area contributed by atoms with Crippen LogP contribution in [0.5, 0.6) is 5.88 Å². The smallest absolute Gasteiger partial charge is 0.341 e. The number of rotatable bonds is 6.